The first kappa shape index (κ1) is 22.5. The molecular weight excluding hydrogens is 359 g/mol. The maximum atomic E-state index is 14.5. The van der Waals surface area contributed by atoms with Gasteiger partial charge in [-0.1, -0.05) is 90.1 Å². The molecule has 2 rings (SSSR count). The van der Waals surface area contributed by atoms with E-state index in [0.717, 1.165) is 21.5 Å². The Morgan fingerprint density at radius 3 is 1.25 bits per heavy atom. The maximum absolute atomic E-state index is 14.5. The molecule has 0 saturated heterocycles. The molecule has 0 N–H and O–H groups in total. The molecule has 0 aliphatic heterocycles. The van der Waals surface area contributed by atoms with E-state index in [4.69, 9.17) is 0 Å². The highest BCUT2D eigenvalue weighted by molar-refractivity contribution is 7.82. The summed E-state index contributed by atoms with van der Waals surface area (Å²) in [7, 11) is -2.93. The molecule has 0 saturated carbocycles. The molecule has 0 radical (unpaired) electrons. The van der Waals surface area contributed by atoms with Crippen molar-refractivity contribution < 1.29 is 4.57 Å². The average Bonchev–Trinajstić information content (AvgIpc) is 2.59. The number of hydrogen-bond acceptors (Lipinski definition) is 1. The topological polar surface area (TPSA) is 17.1 Å². The molecule has 0 unspecified atom stereocenters. The van der Waals surface area contributed by atoms with Crippen molar-refractivity contribution in [1.82, 2.24) is 0 Å². The Bertz CT molecular complexity index is 874. The van der Waals surface area contributed by atoms with Crippen LogP contribution >= 0.6 is 7.14 Å². The van der Waals surface area contributed by atoms with Crippen molar-refractivity contribution in [1.29, 1.82) is 0 Å². The van der Waals surface area contributed by atoms with Gasteiger partial charge in [0.25, 0.3) is 0 Å². The van der Waals surface area contributed by atoms with Crippen molar-refractivity contribution in [3.05, 3.63) is 76.3 Å². The smallest absolute Gasteiger partial charge is 0.174 e. The van der Waals surface area contributed by atoms with Gasteiger partial charge >= 0.3 is 0 Å². The lowest BCUT2D eigenvalue weighted by atomic mass is 9.87. The molecule has 28 heavy (non-hydrogen) atoms. The van der Waals surface area contributed by atoms with Gasteiger partial charge in [0.2, 0.25) is 0 Å². The minimum atomic E-state index is -2.93. The van der Waals surface area contributed by atoms with Crippen LogP contribution in [0.1, 0.15) is 73.4 Å². The molecule has 2 aromatic carbocycles. The molecule has 0 aromatic heterocycles. The standard InChI is InChI=1S/C26H35OP/c1-19(2)18-20(3)28(27,23-14-10-21(11-15-23)25(4,5)6)24-16-12-22(13-17-24)26(7,8)9/h10-17H,1-9H3. The predicted molar refractivity (Wildman–Crippen MR) is 125 cm³/mol. The molecule has 1 nitrogen and oxygen atoms in total. The Morgan fingerprint density at radius 1 is 0.679 bits per heavy atom. The van der Waals surface area contributed by atoms with Crippen molar-refractivity contribution in [2.45, 2.75) is 73.1 Å². The van der Waals surface area contributed by atoms with Crippen LogP contribution in [-0.2, 0) is 15.4 Å². The summed E-state index contributed by atoms with van der Waals surface area (Å²) < 4.78 is 14.5. The fraction of sp³-hybridized carbons (Fsp3) is 0.423. The monoisotopic (exact) mass is 394 g/mol. The van der Waals surface area contributed by atoms with E-state index < -0.39 is 7.14 Å². The quantitative estimate of drug-likeness (QED) is 0.402. The molecule has 0 amide bonds. The maximum Gasteiger partial charge on any atom is 0.174 e. The molecule has 0 spiro atoms. The summed E-state index contributed by atoms with van der Waals surface area (Å²) in [5, 5.41) is 2.55. The van der Waals surface area contributed by atoms with Crippen LogP contribution in [0.15, 0.2) is 65.1 Å². The van der Waals surface area contributed by atoms with Crippen LogP contribution in [0.3, 0.4) is 0 Å². The minimum Gasteiger partial charge on any atom is -0.308 e. The fourth-order valence-electron chi connectivity index (χ4n) is 3.32. The lowest BCUT2D eigenvalue weighted by molar-refractivity contribution is 0.587. The lowest BCUT2D eigenvalue weighted by Gasteiger charge is -2.24. The van der Waals surface area contributed by atoms with E-state index in [1.165, 1.54) is 11.1 Å². The third kappa shape index (κ3) is 4.78. The van der Waals surface area contributed by atoms with Crippen LogP contribution in [-0.4, -0.2) is 0 Å². The minimum absolute atomic E-state index is 0.0711. The molecule has 150 valence electrons. The zero-order chi connectivity index (χ0) is 21.3. The van der Waals surface area contributed by atoms with Gasteiger partial charge in [-0.15, -0.1) is 5.73 Å². The van der Waals surface area contributed by atoms with Gasteiger partial charge in [0.1, 0.15) is 0 Å². The van der Waals surface area contributed by atoms with E-state index in [2.05, 4.69) is 71.5 Å². The Balaban J connectivity index is 2.69. The first-order valence-corrected chi connectivity index (χ1v) is 11.7. The molecule has 2 aromatic rings. The van der Waals surface area contributed by atoms with E-state index in [0.29, 0.717) is 0 Å². The zero-order valence-electron chi connectivity index (χ0n) is 19.0. The van der Waals surface area contributed by atoms with Crippen molar-refractivity contribution >= 4 is 17.8 Å². The molecule has 0 fully saturated rings. The second-order valence-electron chi connectivity index (χ2n) is 9.91. The molecular formula is C26H35OP. The van der Waals surface area contributed by atoms with Crippen molar-refractivity contribution in [3.63, 3.8) is 0 Å². The molecule has 0 aliphatic carbocycles. The van der Waals surface area contributed by atoms with Gasteiger partial charge in [-0.25, -0.2) is 0 Å². The normalized spacial score (nSPS) is 12.5. The summed E-state index contributed by atoms with van der Waals surface area (Å²) in [6.07, 6.45) is 0. The molecule has 2 heteroatoms. The van der Waals surface area contributed by atoms with Gasteiger partial charge in [0.15, 0.2) is 7.14 Å². The summed E-state index contributed by atoms with van der Waals surface area (Å²) in [5.74, 6) is 0. The summed E-state index contributed by atoms with van der Waals surface area (Å²) in [4.78, 5) is 0. The Hall–Kier alpha value is -1.81. The van der Waals surface area contributed by atoms with E-state index in [1.807, 2.05) is 45.0 Å². The predicted octanol–water partition coefficient (Wildman–Crippen LogP) is 7.06. The molecule has 0 bridgehead atoms. The van der Waals surface area contributed by atoms with Gasteiger partial charge in [-0.2, -0.15) is 0 Å². The Kier molecular flexibility index (Phi) is 6.34. The number of benzene rings is 2. The van der Waals surface area contributed by atoms with Crippen molar-refractivity contribution in [2.75, 3.05) is 0 Å². The molecule has 0 heterocycles. The van der Waals surface area contributed by atoms with E-state index in [1.54, 1.807) is 0 Å². The van der Waals surface area contributed by atoms with Gasteiger partial charge in [-0.3, -0.25) is 0 Å². The van der Waals surface area contributed by atoms with E-state index >= 15 is 0 Å². The Labute approximate surface area is 172 Å². The summed E-state index contributed by atoms with van der Waals surface area (Å²) in [6.45, 7) is 19.1. The first-order valence-electron chi connectivity index (χ1n) is 10.00. The Morgan fingerprint density at radius 2 is 1.00 bits per heavy atom. The number of rotatable bonds is 3. The third-order valence-electron chi connectivity index (χ3n) is 5.10. The fourth-order valence-corrected chi connectivity index (χ4v) is 5.91. The largest absolute Gasteiger partial charge is 0.308 e. The van der Waals surface area contributed by atoms with Crippen LogP contribution in [0.4, 0.5) is 0 Å². The van der Waals surface area contributed by atoms with Crippen LogP contribution in [0, 0.1) is 0 Å². The lowest BCUT2D eigenvalue weighted by Crippen LogP contribution is -2.19. The highest BCUT2D eigenvalue weighted by Gasteiger charge is 2.30. The molecule has 0 aliphatic rings. The van der Waals surface area contributed by atoms with E-state index in [9.17, 15) is 4.57 Å². The summed E-state index contributed by atoms with van der Waals surface area (Å²) in [6, 6.07) is 16.6. The van der Waals surface area contributed by atoms with Crippen molar-refractivity contribution in [2.24, 2.45) is 0 Å². The average molecular weight is 395 g/mol. The van der Waals surface area contributed by atoms with Crippen LogP contribution in [0.5, 0.6) is 0 Å². The van der Waals surface area contributed by atoms with Crippen LogP contribution in [0.25, 0.3) is 0 Å². The molecule has 0 atom stereocenters. The second-order valence-corrected chi connectivity index (χ2v) is 12.8. The zero-order valence-corrected chi connectivity index (χ0v) is 19.9. The van der Waals surface area contributed by atoms with Crippen LogP contribution in [0.2, 0.25) is 0 Å². The second kappa shape index (κ2) is 7.90. The summed E-state index contributed by atoms with van der Waals surface area (Å²) in [5.41, 5.74) is 7.01. The number of hydrogen-bond donors (Lipinski definition) is 0. The van der Waals surface area contributed by atoms with Gasteiger partial charge in [-0.05, 0) is 48.3 Å². The van der Waals surface area contributed by atoms with Crippen LogP contribution < -0.4 is 10.6 Å². The highest BCUT2D eigenvalue weighted by atomic mass is 31.2. The van der Waals surface area contributed by atoms with Gasteiger partial charge < -0.3 is 4.57 Å². The number of allylic oxidation sites excluding steroid dienone is 1. The van der Waals surface area contributed by atoms with Gasteiger partial charge in [0, 0.05) is 15.9 Å². The first-order chi connectivity index (χ1) is 12.8. The highest BCUT2D eigenvalue weighted by Crippen LogP contribution is 2.51. The third-order valence-corrected chi connectivity index (χ3v) is 8.20. The van der Waals surface area contributed by atoms with Crippen molar-refractivity contribution in [3.8, 4) is 0 Å². The van der Waals surface area contributed by atoms with Gasteiger partial charge in [0.05, 0.1) is 0 Å². The van der Waals surface area contributed by atoms with E-state index in [-0.39, 0.29) is 10.8 Å². The summed E-state index contributed by atoms with van der Waals surface area (Å²) >= 11 is 0. The SMILES string of the molecule is CC(C)=C=C(C)P(=O)(c1ccc(C(C)(C)C)cc1)c1ccc(C(C)(C)C)cc1.